The monoisotopic (exact) mass is 272 g/mol. The minimum absolute atomic E-state index is 0.170. The lowest BCUT2D eigenvalue weighted by Gasteiger charge is -2.30. The van der Waals surface area contributed by atoms with E-state index in [1.165, 1.54) is 0 Å². The van der Waals surface area contributed by atoms with Gasteiger partial charge in [-0.1, -0.05) is 30.3 Å². The van der Waals surface area contributed by atoms with E-state index in [0.29, 0.717) is 17.9 Å². The molecule has 2 aromatic rings. The quantitative estimate of drug-likeness (QED) is 0.898. The van der Waals surface area contributed by atoms with E-state index >= 15 is 0 Å². The summed E-state index contributed by atoms with van der Waals surface area (Å²) >= 11 is 0. The lowest BCUT2D eigenvalue weighted by molar-refractivity contribution is 0.0906. The summed E-state index contributed by atoms with van der Waals surface area (Å²) < 4.78 is 5.40. The number of aryl methyl sites for hydroxylation is 2. The first-order valence-corrected chi connectivity index (χ1v) is 6.61. The fraction of sp³-hybridized carbons (Fsp3) is 0.312. The van der Waals surface area contributed by atoms with Crippen LogP contribution in [0.3, 0.4) is 0 Å². The van der Waals surface area contributed by atoms with Crippen molar-refractivity contribution < 1.29 is 9.21 Å². The average Bonchev–Trinajstić information content (AvgIpc) is 2.78. The molecule has 0 saturated carbocycles. The highest BCUT2D eigenvalue weighted by molar-refractivity contribution is 5.95. The van der Waals surface area contributed by atoms with E-state index in [2.05, 4.69) is 5.32 Å². The van der Waals surface area contributed by atoms with Gasteiger partial charge in [0.2, 0.25) is 0 Å². The third kappa shape index (κ3) is 2.75. The summed E-state index contributed by atoms with van der Waals surface area (Å²) in [5, 5.41) is 3.01. The highest BCUT2D eigenvalue weighted by Crippen LogP contribution is 2.21. The molecule has 4 heteroatoms. The minimum Gasteiger partial charge on any atom is -0.466 e. The molecule has 0 aliphatic heterocycles. The summed E-state index contributed by atoms with van der Waals surface area (Å²) in [6.45, 7) is 5.84. The van der Waals surface area contributed by atoms with Gasteiger partial charge in [-0.15, -0.1) is 0 Å². The predicted octanol–water partition coefficient (Wildman–Crippen LogP) is 2.50. The fourth-order valence-electron chi connectivity index (χ4n) is 2.22. The Morgan fingerprint density at radius 3 is 2.45 bits per heavy atom. The van der Waals surface area contributed by atoms with Crippen molar-refractivity contribution >= 4 is 5.91 Å². The van der Waals surface area contributed by atoms with Crippen LogP contribution in [0, 0.1) is 13.8 Å². The van der Waals surface area contributed by atoms with Crippen molar-refractivity contribution in [3.63, 3.8) is 0 Å². The number of rotatable bonds is 4. The van der Waals surface area contributed by atoms with E-state index in [0.717, 1.165) is 11.3 Å². The van der Waals surface area contributed by atoms with Crippen molar-refractivity contribution in [2.24, 2.45) is 5.73 Å². The molecule has 0 bridgehead atoms. The zero-order valence-electron chi connectivity index (χ0n) is 12.1. The Balaban J connectivity index is 2.26. The summed E-state index contributed by atoms with van der Waals surface area (Å²) in [6, 6.07) is 11.5. The lowest BCUT2D eigenvalue weighted by atomic mass is 9.91. The summed E-state index contributed by atoms with van der Waals surface area (Å²) in [4.78, 5) is 12.4. The molecule has 1 aromatic carbocycles. The molecular formula is C16H20N2O2. The highest BCUT2D eigenvalue weighted by atomic mass is 16.3. The number of nitrogens with one attached hydrogen (secondary N) is 1. The van der Waals surface area contributed by atoms with Crippen molar-refractivity contribution in [3.8, 4) is 0 Å². The van der Waals surface area contributed by atoms with Gasteiger partial charge in [0.25, 0.3) is 5.91 Å². The number of nitrogens with two attached hydrogens (primary N) is 1. The van der Waals surface area contributed by atoms with Crippen LogP contribution in [0.15, 0.2) is 40.8 Å². The number of furan rings is 1. The van der Waals surface area contributed by atoms with Crippen LogP contribution < -0.4 is 11.1 Å². The Labute approximate surface area is 119 Å². The number of carbonyl (C=O) groups excluding carboxylic acids is 1. The largest absolute Gasteiger partial charge is 0.466 e. The number of benzene rings is 1. The molecule has 0 spiro atoms. The van der Waals surface area contributed by atoms with Crippen molar-refractivity contribution in [2.45, 2.75) is 26.3 Å². The van der Waals surface area contributed by atoms with Gasteiger partial charge in [0.1, 0.15) is 11.5 Å². The molecular weight excluding hydrogens is 252 g/mol. The lowest BCUT2D eigenvalue weighted by Crippen LogP contribution is -2.48. The first kappa shape index (κ1) is 14.3. The molecule has 0 radical (unpaired) electrons. The van der Waals surface area contributed by atoms with Crippen LogP contribution in [0.2, 0.25) is 0 Å². The van der Waals surface area contributed by atoms with Crippen LogP contribution in [0.25, 0.3) is 0 Å². The molecule has 3 N–H and O–H groups in total. The number of amides is 1. The van der Waals surface area contributed by atoms with E-state index in [4.69, 9.17) is 10.2 Å². The molecule has 20 heavy (non-hydrogen) atoms. The van der Waals surface area contributed by atoms with Crippen LogP contribution in [0.1, 0.15) is 34.4 Å². The Bertz CT molecular complexity index is 604. The van der Waals surface area contributed by atoms with Crippen LogP contribution in [-0.2, 0) is 5.54 Å². The number of carbonyl (C=O) groups is 1. The molecule has 106 valence electrons. The van der Waals surface area contributed by atoms with Crippen molar-refractivity contribution in [2.75, 3.05) is 6.54 Å². The number of hydrogen-bond acceptors (Lipinski definition) is 3. The first-order chi connectivity index (χ1) is 9.46. The predicted molar refractivity (Wildman–Crippen MR) is 78.5 cm³/mol. The summed E-state index contributed by atoms with van der Waals surface area (Å²) in [5.74, 6) is 1.17. The SMILES string of the molecule is Cc1cc(C(=O)NC(C)(CN)c2ccccc2)c(C)o1. The van der Waals surface area contributed by atoms with Gasteiger partial charge in [0, 0.05) is 6.54 Å². The van der Waals surface area contributed by atoms with Gasteiger partial charge in [-0.2, -0.15) is 0 Å². The van der Waals surface area contributed by atoms with Gasteiger partial charge >= 0.3 is 0 Å². The molecule has 1 atom stereocenters. The van der Waals surface area contributed by atoms with E-state index < -0.39 is 5.54 Å². The maximum atomic E-state index is 12.4. The fourth-order valence-corrected chi connectivity index (χ4v) is 2.22. The van der Waals surface area contributed by atoms with Gasteiger partial charge in [-0.25, -0.2) is 0 Å². The van der Waals surface area contributed by atoms with Gasteiger partial charge in [-0.05, 0) is 32.4 Å². The average molecular weight is 272 g/mol. The second kappa shape index (κ2) is 5.51. The highest BCUT2D eigenvalue weighted by Gasteiger charge is 2.28. The molecule has 0 aliphatic carbocycles. The maximum absolute atomic E-state index is 12.4. The molecule has 2 rings (SSSR count). The Morgan fingerprint density at radius 1 is 1.30 bits per heavy atom. The Hall–Kier alpha value is -2.07. The zero-order chi connectivity index (χ0) is 14.8. The van der Waals surface area contributed by atoms with Crippen LogP contribution in [0.4, 0.5) is 0 Å². The van der Waals surface area contributed by atoms with Gasteiger partial charge in [0.15, 0.2) is 0 Å². The summed E-state index contributed by atoms with van der Waals surface area (Å²) in [7, 11) is 0. The molecule has 1 aromatic heterocycles. The standard InChI is InChI=1S/C16H20N2O2/c1-11-9-14(12(2)20-11)15(19)18-16(3,10-17)13-7-5-4-6-8-13/h4-9H,10,17H2,1-3H3,(H,18,19). The second-order valence-electron chi connectivity index (χ2n) is 5.18. The Kier molecular flexibility index (Phi) is 3.95. The van der Waals surface area contributed by atoms with Crippen LogP contribution in [0.5, 0.6) is 0 Å². The molecule has 1 amide bonds. The minimum atomic E-state index is -0.601. The first-order valence-electron chi connectivity index (χ1n) is 6.61. The third-order valence-electron chi connectivity index (χ3n) is 3.49. The van der Waals surface area contributed by atoms with Crippen molar-refractivity contribution in [1.82, 2.24) is 5.32 Å². The van der Waals surface area contributed by atoms with Crippen LogP contribution in [-0.4, -0.2) is 12.5 Å². The summed E-state index contributed by atoms with van der Waals surface area (Å²) in [6.07, 6.45) is 0. The molecule has 1 heterocycles. The smallest absolute Gasteiger partial charge is 0.255 e. The zero-order valence-corrected chi connectivity index (χ0v) is 12.1. The maximum Gasteiger partial charge on any atom is 0.255 e. The van der Waals surface area contributed by atoms with E-state index in [-0.39, 0.29) is 5.91 Å². The topological polar surface area (TPSA) is 68.3 Å². The molecule has 0 fully saturated rings. The molecule has 4 nitrogen and oxygen atoms in total. The molecule has 0 saturated heterocycles. The van der Waals surface area contributed by atoms with E-state index in [1.54, 1.807) is 13.0 Å². The molecule has 1 unspecified atom stereocenters. The number of hydrogen-bond donors (Lipinski definition) is 2. The van der Waals surface area contributed by atoms with Crippen molar-refractivity contribution in [1.29, 1.82) is 0 Å². The third-order valence-corrected chi connectivity index (χ3v) is 3.49. The molecule has 0 aliphatic rings. The van der Waals surface area contributed by atoms with Crippen molar-refractivity contribution in [3.05, 3.63) is 59.0 Å². The Morgan fingerprint density at radius 2 is 1.95 bits per heavy atom. The summed E-state index contributed by atoms with van der Waals surface area (Å²) in [5.41, 5.74) is 6.80. The second-order valence-corrected chi connectivity index (χ2v) is 5.18. The van der Waals surface area contributed by atoms with Gasteiger partial charge < -0.3 is 15.5 Å². The van der Waals surface area contributed by atoms with Gasteiger partial charge in [0.05, 0.1) is 11.1 Å². The van der Waals surface area contributed by atoms with Gasteiger partial charge in [-0.3, -0.25) is 4.79 Å². The normalized spacial score (nSPS) is 13.8. The van der Waals surface area contributed by atoms with E-state index in [1.807, 2.05) is 44.2 Å². The van der Waals surface area contributed by atoms with E-state index in [9.17, 15) is 4.79 Å². The van der Waals surface area contributed by atoms with Crippen LogP contribution >= 0.6 is 0 Å².